The van der Waals surface area contributed by atoms with Gasteiger partial charge in [0.1, 0.15) is 0 Å². The summed E-state index contributed by atoms with van der Waals surface area (Å²) >= 11 is 0. The van der Waals surface area contributed by atoms with Gasteiger partial charge in [-0.1, -0.05) is 25.1 Å². The van der Waals surface area contributed by atoms with Gasteiger partial charge in [-0.25, -0.2) is 0 Å². The number of benzene rings is 1. The van der Waals surface area contributed by atoms with Crippen LogP contribution in [0.1, 0.15) is 25.3 Å². The fourth-order valence-corrected chi connectivity index (χ4v) is 3.56. The van der Waals surface area contributed by atoms with Crippen molar-refractivity contribution >= 4 is 41.5 Å². The lowest BCUT2D eigenvalue weighted by molar-refractivity contribution is -0.117. The molecule has 0 spiro atoms. The van der Waals surface area contributed by atoms with Crippen molar-refractivity contribution in [1.29, 1.82) is 0 Å². The Kier molecular flexibility index (Phi) is 6.89. The van der Waals surface area contributed by atoms with Crippen LogP contribution >= 0.6 is 24.0 Å². The number of guanidine groups is 1. The van der Waals surface area contributed by atoms with Crippen molar-refractivity contribution in [3.05, 3.63) is 29.8 Å². The molecule has 0 bridgehead atoms. The van der Waals surface area contributed by atoms with Crippen molar-refractivity contribution in [2.75, 3.05) is 38.1 Å². The summed E-state index contributed by atoms with van der Waals surface area (Å²) < 4.78 is 0. The zero-order valence-corrected chi connectivity index (χ0v) is 16.8. The van der Waals surface area contributed by atoms with Gasteiger partial charge in [0.25, 0.3) is 0 Å². The average molecular weight is 442 g/mol. The third-order valence-electron chi connectivity index (χ3n) is 4.75. The fraction of sp³-hybridized carbons (Fsp3) is 0.556. The van der Waals surface area contributed by atoms with Crippen LogP contribution in [-0.4, -0.2) is 50.0 Å². The topological polar surface area (TPSA) is 47.9 Å². The van der Waals surface area contributed by atoms with Crippen LogP contribution in [-0.2, 0) is 11.2 Å². The molecule has 6 heteroatoms. The van der Waals surface area contributed by atoms with Gasteiger partial charge in [-0.2, -0.15) is 0 Å². The third-order valence-corrected chi connectivity index (χ3v) is 4.75. The number of nitrogens with one attached hydrogen (secondary N) is 1. The highest BCUT2D eigenvalue weighted by atomic mass is 127. The molecule has 0 aliphatic carbocycles. The Labute approximate surface area is 161 Å². The molecule has 3 rings (SSSR count). The molecule has 1 atom stereocenters. The van der Waals surface area contributed by atoms with Crippen LogP contribution in [0.25, 0.3) is 0 Å². The van der Waals surface area contributed by atoms with E-state index in [4.69, 9.17) is 0 Å². The summed E-state index contributed by atoms with van der Waals surface area (Å²) in [5.74, 6) is 1.64. The highest BCUT2D eigenvalue weighted by molar-refractivity contribution is 14.0. The molecule has 1 fully saturated rings. The first-order valence-electron chi connectivity index (χ1n) is 8.53. The van der Waals surface area contributed by atoms with Crippen molar-refractivity contribution in [2.45, 2.75) is 26.2 Å². The summed E-state index contributed by atoms with van der Waals surface area (Å²) in [7, 11) is 1.79. The standard InChI is InChI=1S/C18H26N4O.HI/c1-14-6-5-10-21(13-14)18(19-2)20-12-17(23)22-11-9-15-7-3-4-8-16(15)22;/h3-4,7-8,14H,5-6,9-13H2,1-2H3,(H,19,20);1H. The van der Waals surface area contributed by atoms with E-state index in [0.717, 1.165) is 37.7 Å². The number of carbonyl (C=O) groups excluding carboxylic acids is 1. The highest BCUT2D eigenvalue weighted by Crippen LogP contribution is 2.27. The highest BCUT2D eigenvalue weighted by Gasteiger charge is 2.25. The first kappa shape index (κ1) is 19.0. The lowest BCUT2D eigenvalue weighted by Gasteiger charge is -2.33. The lowest BCUT2D eigenvalue weighted by Crippen LogP contribution is -2.49. The summed E-state index contributed by atoms with van der Waals surface area (Å²) in [6, 6.07) is 8.15. The minimum absolute atomic E-state index is 0. The van der Waals surface area contributed by atoms with Gasteiger partial charge in [0.05, 0.1) is 6.54 Å². The average Bonchev–Trinajstić information content (AvgIpc) is 2.99. The predicted molar refractivity (Wildman–Crippen MR) is 109 cm³/mol. The Morgan fingerprint density at radius 1 is 1.33 bits per heavy atom. The van der Waals surface area contributed by atoms with Crippen LogP contribution in [0, 0.1) is 5.92 Å². The minimum Gasteiger partial charge on any atom is -0.347 e. The molecule has 2 aliphatic rings. The Morgan fingerprint density at radius 2 is 2.12 bits per heavy atom. The normalized spacial score (nSPS) is 20.4. The molecule has 0 saturated carbocycles. The van der Waals surface area contributed by atoms with Gasteiger partial charge in [0.2, 0.25) is 5.91 Å². The van der Waals surface area contributed by atoms with Gasteiger partial charge < -0.3 is 15.1 Å². The molecule has 1 amide bonds. The molecule has 1 aromatic carbocycles. The van der Waals surface area contributed by atoms with Crippen molar-refractivity contribution in [1.82, 2.24) is 10.2 Å². The molecule has 5 nitrogen and oxygen atoms in total. The number of amides is 1. The van der Waals surface area contributed by atoms with Crippen LogP contribution in [0.3, 0.4) is 0 Å². The molecule has 24 heavy (non-hydrogen) atoms. The number of anilines is 1. The van der Waals surface area contributed by atoms with Crippen molar-refractivity contribution in [3.63, 3.8) is 0 Å². The molecular formula is C18H27IN4O. The molecule has 1 aromatic rings. The number of hydrogen-bond acceptors (Lipinski definition) is 2. The van der Waals surface area contributed by atoms with Gasteiger partial charge in [-0.05, 0) is 36.8 Å². The second kappa shape index (κ2) is 8.69. The first-order valence-corrected chi connectivity index (χ1v) is 8.53. The number of aliphatic imine (C=N–C) groups is 1. The SMILES string of the molecule is CN=C(NCC(=O)N1CCc2ccccc21)N1CCCC(C)C1.I. The quantitative estimate of drug-likeness (QED) is 0.435. The Balaban J connectivity index is 0.00000208. The molecule has 1 N–H and O–H groups in total. The minimum atomic E-state index is 0. The van der Waals surface area contributed by atoms with E-state index in [0.29, 0.717) is 12.5 Å². The zero-order chi connectivity index (χ0) is 16.2. The van der Waals surface area contributed by atoms with E-state index in [-0.39, 0.29) is 29.9 Å². The fourth-order valence-electron chi connectivity index (χ4n) is 3.56. The zero-order valence-electron chi connectivity index (χ0n) is 14.5. The number of carbonyl (C=O) groups is 1. The second-order valence-electron chi connectivity index (χ2n) is 6.52. The Hall–Kier alpha value is -1.31. The number of rotatable bonds is 2. The summed E-state index contributed by atoms with van der Waals surface area (Å²) in [5, 5.41) is 3.25. The van der Waals surface area contributed by atoms with Gasteiger partial charge in [0.15, 0.2) is 5.96 Å². The number of halogens is 1. The molecule has 1 unspecified atom stereocenters. The third kappa shape index (κ3) is 4.20. The molecular weight excluding hydrogens is 415 g/mol. The maximum Gasteiger partial charge on any atom is 0.246 e. The Morgan fingerprint density at radius 3 is 2.88 bits per heavy atom. The van der Waals surface area contributed by atoms with Crippen LogP contribution in [0.15, 0.2) is 29.3 Å². The maximum absolute atomic E-state index is 12.6. The molecule has 0 radical (unpaired) electrons. The number of fused-ring (bicyclic) bond motifs is 1. The molecule has 0 aromatic heterocycles. The van der Waals surface area contributed by atoms with Gasteiger partial charge in [-0.15, -0.1) is 24.0 Å². The first-order chi connectivity index (χ1) is 11.2. The van der Waals surface area contributed by atoms with E-state index in [1.807, 2.05) is 23.1 Å². The molecule has 1 saturated heterocycles. The van der Waals surface area contributed by atoms with Crippen LogP contribution in [0.5, 0.6) is 0 Å². The van der Waals surface area contributed by atoms with E-state index < -0.39 is 0 Å². The van der Waals surface area contributed by atoms with Crippen molar-refractivity contribution in [3.8, 4) is 0 Å². The summed E-state index contributed by atoms with van der Waals surface area (Å²) in [6.07, 6.45) is 3.41. The number of piperidine rings is 1. The van der Waals surface area contributed by atoms with E-state index in [1.165, 1.54) is 18.4 Å². The molecule has 132 valence electrons. The summed E-state index contributed by atoms with van der Waals surface area (Å²) in [6.45, 7) is 5.38. The van der Waals surface area contributed by atoms with Crippen molar-refractivity contribution < 1.29 is 4.79 Å². The van der Waals surface area contributed by atoms with Gasteiger partial charge in [-0.3, -0.25) is 9.79 Å². The maximum atomic E-state index is 12.6. The molecule has 2 aliphatic heterocycles. The lowest BCUT2D eigenvalue weighted by atomic mass is 10.0. The monoisotopic (exact) mass is 442 g/mol. The van der Waals surface area contributed by atoms with Gasteiger partial charge >= 0.3 is 0 Å². The number of para-hydroxylation sites is 1. The summed E-state index contributed by atoms with van der Waals surface area (Å²) in [4.78, 5) is 21.1. The van der Waals surface area contributed by atoms with Crippen LogP contribution < -0.4 is 10.2 Å². The second-order valence-corrected chi connectivity index (χ2v) is 6.52. The number of likely N-dealkylation sites (tertiary alicyclic amines) is 1. The van der Waals surface area contributed by atoms with E-state index >= 15 is 0 Å². The summed E-state index contributed by atoms with van der Waals surface area (Å²) in [5.41, 5.74) is 2.32. The Bertz CT molecular complexity index is 604. The smallest absolute Gasteiger partial charge is 0.246 e. The predicted octanol–water partition coefficient (Wildman–Crippen LogP) is 2.50. The molecule has 2 heterocycles. The van der Waals surface area contributed by atoms with Gasteiger partial charge in [0, 0.05) is 32.4 Å². The van der Waals surface area contributed by atoms with E-state index in [1.54, 1.807) is 7.05 Å². The largest absolute Gasteiger partial charge is 0.347 e. The van der Waals surface area contributed by atoms with E-state index in [9.17, 15) is 4.79 Å². The number of hydrogen-bond donors (Lipinski definition) is 1. The van der Waals surface area contributed by atoms with Crippen molar-refractivity contribution in [2.24, 2.45) is 10.9 Å². The van der Waals surface area contributed by atoms with Crippen LogP contribution in [0.2, 0.25) is 0 Å². The van der Waals surface area contributed by atoms with E-state index in [2.05, 4.69) is 28.2 Å². The number of nitrogens with zero attached hydrogens (tertiary/aromatic N) is 3. The van der Waals surface area contributed by atoms with Crippen LogP contribution in [0.4, 0.5) is 5.69 Å².